The van der Waals surface area contributed by atoms with Crippen LogP contribution < -0.4 is 15.5 Å². The van der Waals surface area contributed by atoms with Gasteiger partial charge in [0.05, 0.1) is 12.5 Å². The summed E-state index contributed by atoms with van der Waals surface area (Å²) >= 11 is 0. The van der Waals surface area contributed by atoms with Gasteiger partial charge in [0.25, 0.3) is 0 Å². The second-order valence-electron chi connectivity index (χ2n) is 8.33. The molecule has 1 aliphatic heterocycles. The molecule has 1 fully saturated rings. The highest BCUT2D eigenvalue weighted by Crippen LogP contribution is 2.36. The van der Waals surface area contributed by atoms with E-state index in [4.69, 9.17) is 0 Å². The van der Waals surface area contributed by atoms with Crippen LogP contribution in [-0.4, -0.2) is 44.8 Å². The quantitative estimate of drug-likeness (QED) is 0.617. The molecule has 8 heteroatoms. The first-order valence-electron chi connectivity index (χ1n) is 10.5. The number of anilines is 4. The fourth-order valence-electron chi connectivity index (χ4n) is 4.42. The summed E-state index contributed by atoms with van der Waals surface area (Å²) in [5.74, 6) is 1.47. The van der Waals surface area contributed by atoms with Gasteiger partial charge in [-0.15, -0.1) is 5.10 Å². The van der Waals surface area contributed by atoms with E-state index < -0.39 is 0 Å². The molecule has 0 bridgehead atoms. The first-order chi connectivity index (χ1) is 14.5. The third-order valence-corrected chi connectivity index (χ3v) is 6.09. The Bertz CT molecular complexity index is 1120. The molecule has 3 heterocycles. The summed E-state index contributed by atoms with van der Waals surface area (Å²) < 4.78 is 1.81. The van der Waals surface area contributed by atoms with Crippen molar-refractivity contribution in [3.05, 3.63) is 41.5 Å². The van der Waals surface area contributed by atoms with Crippen LogP contribution in [0.25, 0.3) is 5.65 Å². The Kier molecular flexibility index (Phi) is 4.58. The minimum atomic E-state index is -0.178. The van der Waals surface area contributed by atoms with E-state index >= 15 is 0 Å². The van der Waals surface area contributed by atoms with Gasteiger partial charge >= 0.3 is 0 Å². The summed E-state index contributed by atoms with van der Waals surface area (Å²) in [5.41, 5.74) is 4.60. The molecular weight excluding hydrogens is 380 g/mol. The molecule has 3 N–H and O–H groups in total. The minimum Gasteiger partial charge on any atom is -0.393 e. The highest BCUT2D eigenvalue weighted by molar-refractivity contribution is 6.03. The van der Waals surface area contributed by atoms with Gasteiger partial charge in [0.1, 0.15) is 5.82 Å². The van der Waals surface area contributed by atoms with Gasteiger partial charge in [0.15, 0.2) is 5.65 Å². The molecule has 0 radical (unpaired) electrons. The molecule has 30 heavy (non-hydrogen) atoms. The topological polar surface area (TPSA) is 94.8 Å². The van der Waals surface area contributed by atoms with Crippen molar-refractivity contribution in [3.8, 4) is 0 Å². The number of aliphatic hydroxyl groups excluding tert-OH is 1. The highest BCUT2D eigenvalue weighted by atomic mass is 16.3. The Morgan fingerprint density at radius 1 is 1.17 bits per heavy atom. The molecule has 1 amide bonds. The summed E-state index contributed by atoms with van der Waals surface area (Å²) in [6.07, 6.45) is 3.72. The zero-order valence-corrected chi connectivity index (χ0v) is 17.2. The van der Waals surface area contributed by atoms with Crippen molar-refractivity contribution in [2.75, 3.05) is 22.6 Å². The highest BCUT2D eigenvalue weighted by Gasteiger charge is 2.27. The molecule has 156 valence electrons. The predicted molar refractivity (Wildman–Crippen MR) is 116 cm³/mol. The maximum atomic E-state index is 12.2. The lowest BCUT2D eigenvalue weighted by molar-refractivity contribution is -0.117. The van der Waals surface area contributed by atoms with Crippen LogP contribution in [-0.2, 0) is 11.2 Å². The van der Waals surface area contributed by atoms with Gasteiger partial charge in [-0.3, -0.25) is 4.79 Å². The molecule has 0 spiro atoms. The monoisotopic (exact) mass is 406 g/mol. The first-order valence-corrected chi connectivity index (χ1v) is 10.5. The number of aryl methyl sites for hydroxylation is 1. The van der Waals surface area contributed by atoms with Gasteiger partial charge in [-0.25, -0.2) is 0 Å². The van der Waals surface area contributed by atoms with Gasteiger partial charge in [-0.1, -0.05) is 6.07 Å². The number of amides is 1. The van der Waals surface area contributed by atoms with E-state index in [0.717, 1.165) is 59.7 Å². The van der Waals surface area contributed by atoms with Crippen LogP contribution in [0, 0.1) is 6.92 Å². The summed E-state index contributed by atoms with van der Waals surface area (Å²) in [7, 11) is 1.81. The van der Waals surface area contributed by atoms with Crippen LogP contribution in [0.15, 0.2) is 30.3 Å². The Hall–Kier alpha value is -3.13. The zero-order chi connectivity index (χ0) is 20.8. The van der Waals surface area contributed by atoms with E-state index in [9.17, 15) is 9.90 Å². The van der Waals surface area contributed by atoms with Gasteiger partial charge in [-0.2, -0.15) is 9.50 Å². The molecule has 1 aromatic carbocycles. The number of aromatic nitrogens is 3. The fourth-order valence-corrected chi connectivity index (χ4v) is 4.42. The minimum absolute atomic E-state index is 0.0886. The lowest BCUT2D eigenvalue weighted by Gasteiger charge is -2.26. The smallest absolute Gasteiger partial charge is 0.247 e. The number of carbonyl (C=O) groups excluding carboxylic acids is 1. The molecule has 2 aromatic heterocycles. The number of nitrogens with one attached hydrogen (secondary N) is 2. The molecule has 0 unspecified atom stereocenters. The molecular formula is C22H26N6O2. The lowest BCUT2D eigenvalue weighted by atomic mass is 9.93. The van der Waals surface area contributed by atoms with Crippen LogP contribution in [0.2, 0.25) is 0 Å². The second kappa shape index (κ2) is 7.28. The van der Waals surface area contributed by atoms with Crippen molar-refractivity contribution < 1.29 is 9.90 Å². The maximum absolute atomic E-state index is 12.2. The second-order valence-corrected chi connectivity index (χ2v) is 8.33. The third-order valence-electron chi connectivity index (χ3n) is 6.09. The number of fused-ring (bicyclic) bond motifs is 2. The van der Waals surface area contributed by atoms with Crippen molar-refractivity contribution in [2.24, 2.45) is 0 Å². The number of hydrogen-bond acceptors (Lipinski definition) is 6. The van der Waals surface area contributed by atoms with E-state index in [1.54, 1.807) is 9.42 Å². The van der Waals surface area contributed by atoms with Crippen LogP contribution in [0.1, 0.15) is 36.8 Å². The molecule has 3 aromatic rings. The normalized spacial score (nSPS) is 21.2. The molecule has 1 aliphatic carbocycles. The lowest BCUT2D eigenvalue weighted by Crippen LogP contribution is -2.29. The van der Waals surface area contributed by atoms with Crippen molar-refractivity contribution in [1.82, 2.24) is 14.6 Å². The van der Waals surface area contributed by atoms with E-state index in [0.29, 0.717) is 18.4 Å². The molecule has 2 aliphatic rings. The summed E-state index contributed by atoms with van der Waals surface area (Å²) in [4.78, 5) is 18.5. The van der Waals surface area contributed by atoms with Gasteiger partial charge in [-0.05, 0) is 62.4 Å². The van der Waals surface area contributed by atoms with E-state index in [1.165, 1.54) is 0 Å². The summed E-state index contributed by atoms with van der Waals surface area (Å²) in [6, 6.07) is 10.3. The van der Waals surface area contributed by atoms with Crippen LogP contribution in [0.5, 0.6) is 0 Å². The average molecular weight is 406 g/mol. The number of benzene rings is 1. The molecule has 0 atom stereocenters. The Balaban J connectivity index is 1.43. The van der Waals surface area contributed by atoms with Crippen LogP contribution >= 0.6 is 0 Å². The Labute approximate surface area is 174 Å². The number of hydrogen-bond donors (Lipinski definition) is 3. The predicted octanol–water partition coefficient (Wildman–Crippen LogP) is 3.02. The van der Waals surface area contributed by atoms with Crippen molar-refractivity contribution in [2.45, 2.75) is 51.2 Å². The Morgan fingerprint density at radius 3 is 2.77 bits per heavy atom. The molecule has 0 saturated heterocycles. The van der Waals surface area contributed by atoms with Gasteiger partial charge < -0.3 is 20.6 Å². The third kappa shape index (κ3) is 3.37. The Morgan fingerprint density at radius 2 is 1.97 bits per heavy atom. The standard InChI is InChI=1S/C22H26N6O2/c1-13-10-17(16-12-21(30)27(2)18(16)11-13)24-22-25-20-5-3-4-19(28(20)26-22)23-14-6-8-15(29)9-7-14/h3-5,10-11,14-15,23,29H,6-9,12H2,1-2H3,(H,24,26)/t14-,15+. The maximum Gasteiger partial charge on any atom is 0.247 e. The number of carbonyl (C=O) groups is 1. The summed E-state index contributed by atoms with van der Waals surface area (Å²) in [5, 5.41) is 21.3. The molecule has 1 saturated carbocycles. The van der Waals surface area contributed by atoms with E-state index in [-0.39, 0.29) is 12.0 Å². The number of nitrogens with zero attached hydrogens (tertiary/aromatic N) is 4. The SMILES string of the molecule is Cc1cc(Nc2nc3cccc(N[C@H]4CC[C@@H](O)CC4)n3n2)c2c(c1)N(C)C(=O)C2. The van der Waals surface area contributed by atoms with Crippen LogP contribution in [0.3, 0.4) is 0 Å². The average Bonchev–Trinajstić information content (AvgIpc) is 3.26. The van der Waals surface area contributed by atoms with Gasteiger partial charge in [0.2, 0.25) is 11.9 Å². The number of aliphatic hydroxyl groups is 1. The largest absolute Gasteiger partial charge is 0.393 e. The van der Waals surface area contributed by atoms with Crippen LogP contribution in [0.4, 0.5) is 23.1 Å². The first kappa shape index (κ1) is 18.9. The molecule has 8 nitrogen and oxygen atoms in total. The number of pyridine rings is 1. The number of likely N-dealkylation sites (N-methyl/N-ethyl adjacent to an activating group) is 1. The van der Waals surface area contributed by atoms with Crippen molar-refractivity contribution in [1.29, 1.82) is 0 Å². The van der Waals surface area contributed by atoms with Gasteiger partial charge in [0, 0.05) is 30.0 Å². The number of rotatable bonds is 4. The fraction of sp³-hybridized carbons (Fsp3) is 0.409. The van der Waals surface area contributed by atoms with E-state index in [2.05, 4.69) is 20.7 Å². The zero-order valence-electron chi connectivity index (χ0n) is 17.2. The summed E-state index contributed by atoms with van der Waals surface area (Å²) in [6.45, 7) is 2.02. The molecule has 5 rings (SSSR count). The van der Waals surface area contributed by atoms with Crippen molar-refractivity contribution >= 4 is 34.7 Å². The van der Waals surface area contributed by atoms with Crippen molar-refractivity contribution in [3.63, 3.8) is 0 Å². The van der Waals surface area contributed by atoms with E-state index in [1.807, 2.05) is 44.3 Å².